The summed E-state index contributed by atoms with van der Waals surface area (Å²) in [5, 5.41) is 15.0. The second kappa shape index (κ2) is 15.1. The lowest BCUT2D eigenvalue weighted by molar-refractivity contribution is -0.0592. The van der Waals surface area contributed by atoms with Gasteiger partial charge in [0.05, 0.1) is 45.8 Å². The number of halogens is 2. The van der Waals surface area contributed by atoms with Crippen molar-refractivity contribution in [3.63, 3.8) is 0 Å². The molecule has 1 N–H and O–H groups in total. The molecule has 8 aromatic rings. The van der Waals surface area contributed by atoms with E-state index in [0.717, 1.165) is 42.1 Å². The van der Waals surface area contributed by atoms with Gasteiger partial charge in [-0.2, -0.15) is 10.2 Å². The van der Waals surface area contributed by atoms with Crippen molar-refractivity contribution in [3.05, 3.63) is 139 Å². The largest absolute Gasteiger partial charge is 0.438 e. The number of aromatic nitrogens is 9. The van der Waals surface area contributed by atoms with Gasteiger partial charge in [-0.1, -0.05) is 18.1 Å². The first-order valence-electron chi connectivity index (χ1n) is 23.6. The summed E-state index contributed by atoms with van der Waals surface area (Å²) in [4.78, 5) is 47.5. The molecule has 1 saturated heterocycles. The van der Waals surface area contributed by atoms with E-state index in [1.165, 1.54) is 21.5 Å². The molecule has 68 heavy (non-hydrogen) atoms. The maximum Gasteiger partial charge on any atom is 0.438 e. The Bertz CT molecular complexity index is 3480. The number of imidazole rings is 1. The van der Waals surface area contributed by atoms with E-state index in [-0.39, 0.29) is 34.8 Å². The van der Waals surface area contributed by atoms with Crippen LogP contribution in [0.5, 0.6) is 0 Å². The van der Waals surface area contributed by atoms with E-state index in [2.05, 4.69) is 54.2 Å². The molecule has 4 atom stereocenters. The number of hydrogen-bond donors (Lipinski definition) is 1. The van der Waals surface area contributed by atoms with Gasteiger partial charge in [0.1, 0.15) is 22.9 Å². The molecule has 17 heteroatoms. The maximum absolute atomic E-state index is 16.5. The Morgan fingerprint density at radius 3 is 2.38 bits per heavy atom. The first kappa shape index (κ1) is 42.5. The molecule has 350 valence electrons. The molecular weight excluding hydrogens is 871 g/mol. The lowest BCUT2D eigenvalue weighted by Crippen LogP contribution is -2.41. The highest BCUT2D eigenvalue weighted by Gasteiger charge is 2.59. The fraction of sp³-hybridized carbons (Fsp3) is 0.412. The SMILES string of the molecule is Cc1cc(-n2nc3c(c2-n2ccn(-c4ccc5c(cnn5CC5CC5)c4F)c2=O)C(C)N(C(=O)c2cc4cc(C5CCOC(C)(C)C5)ccc4n2C2(c4noc(=O)[nH]4)CC2C)CC3)cc(C)c1F. The third-order valence-electron chi connectivity index (χ3n) is 15.2. The average Bonchev–Trinajstić information content (AvgIpc) is 3.80. The number of nitrogens with zero attached hydrogens (tertiary/aromatic N) is 9. The minimum absolute atomic E-state index is 0.000380. The van der Waals surface area contributed by atoms with Crippen LogP contribution in [-0.2, 0) is 23.2 Å². The molecule has 0 bridgehead atoms. The molecule has 2 aliphatic carbocycles. The molecule has 4 unspecified atom stereocenters. The van der Waals surface area contributed by atoms with Gasteiger partial charge in [-0.3, -0.25) is 28.1 Å². The summed E-state index contributed by atoms with van der Waals surface area (Å²) in [6.07, 6.45) is 9.57. The smallest absolute Gasteiger partial charge is 0.376 e. The lowest BCUT2D eigenvalue weighted by Gasteiger charge is -2.35. The third kappa shape index (κ3) is 6.51. The lowest BCUT2D eigenvalue weighted by atomic mass is 9.83. The first-order valence-corrected chi connectivity index (χ1v) is 23.6. The average molecular weight is 923 g/mol. The number of rotatable bonds is 9. The van der Waals surface area contributed by atoms with Crippen molar-refractivity contribution in [1.82, 2.24) is 48.3 Å². The highest BCUT2D eigenvalue weighted by atomic mass is 19.1. The second-order valence-electron chi connectivity index (χ2n) is 20.3. The van der Waals surface area contributed by atoms with E-state index in [4.69, 9.17) is 14.4 Å². The van der Waals surface area contributed by atoms with Crippen LogP contribution in [0.15, 0.2) is 81.2 Å². The quantitative estimate of drug-likeness (QED) is 0.152. The molecule has 4 aliphatic rings. The van der Waals surface area contributed by atoms with E-state index < -0.39 is 28.8 Å². The zero-order valence-corrected chi connectivity index (χ0v) is 38.8. The van der Waals surface area contributed by atoms with Crippen molar-refractivity contribution < 1.29 is 22.8 Å². The predicted molar refractivity (Wildman–Crippen MR) is 249 cm³/mol. The molecule has 0 spiro atoms. The van der Waals surface area contributed by atoms with Gasteiger partial charge in [-0.15, -0.1) is 0 Å². The molecule has 15 nitrogen and oxygen atoms in total. The van der Waals surface area contributed by atoms with E-state index in [1.54, 1.807) is 53.9 Å². The number of aryl methyl sites for hydroxylation is 2. The number of H-pyrrole nitrogens is 1. The van der Waals surface area contributed by atoms with Crippen LogP contribution in [-0.4, -0.2) is 73.0 Å². The van der Waals surface area contributed by atoms with Crippen LogP contribution in [0.4, 0.5) is 8.78 Å². The summed E-state index contributed by atoms with van der Waals surface area (Å²) in [6.45, 7) is 13.3. The Labute approximate surface area is 388 Å². The molecular formula is C51H52F2N10O5. The third-order valence-corrected chi connectivity index (χ3v) is 15.2. The number of ether oxygens (including phenoxy) is 1. The van der Waals surface area contributed by atoms with Crippen molar-refractivity contribution >= 4 is 27.7 Å². The van der Waals surface area contributed by atoms with Gasteiger partial charge in [0, 0.05) is 55.0 Å². The fourth-order valence-corrected chi connectivity index (χ4v) is 11.4. The number of fused-ring (bicyclic) bond motifs is 3. The Morgan fingerprint density at radius 1 is 0.926 bits per heavy atom. The number of carbonyl (C=O) groups is 1. The van der Waals surface area contributed by atoms with Crippen LogP contribution in [0.25, 0.3) is 39.0 Å². The van der Waals surface area contributed by atoms with Crippen LogP contribution in [0.1, 0.15) is 116 Å². The van der Waals surface area contributed by atoms with Gasteiger partial charge in [0.2, 0.25) is 0 Å². The molecule has 7 heterocycles. The molecule has 5 aromatic heterocycles. The van der Waals surface area contributed by atoms with Crippen LogP contribution in [0, 0.1) is 37.3 Å². The highest BCUT2D eigenvalue weighted by molar-refractivity contribution is 6.00. The summed E-state index contributed by atoms with van der Waals surface area (Å²) in [5.41, 5.74) is 4.10. The highest BCUT2D eigenvalue weighted by Crippen LogP contribution is 2.56. The van der Waals surface area contributed by atoms with E-state index >= 15 is 13.6 Å². The topological polar surface area (TPSA) is 156 Å². The van der Waals surface area contributed by atoms with E-state index in [1.807, 2.05) is 22.2 Å². The van der Waals surface area contributed by atoms with Crippen molar-refractivity contribution in [2.45, 2.75) is 110 Å². The van der Waals surface area contributed by atoms with Crippen LogP contribution in [0.3, 0.4) is 0 Å². The minimum Gasteiger partial charge on any atom is -0.376 e. The van der Waals surface area contributed by atoms with Crippen LogP contribution >= 0.6 is 0 Å². The van der Waals surface area contributed by atoms with E-state index in [9.17, 15) is 9.59 Å². The van der Waals surface area contributed by atoms with Crippen molar-refractivity contribution in [3.8, 4) is 17.2 Å². The predicted octanol–water partition coefficient (Wildman–Crippen LogP) is 8.32. The maximum atomic E-state index is 16.5. The van der Waals surface area contributed by atoms with Crippen LogP contribution in [0.2, 0.25) is 0 Å². The van der Waals surface area contributed by atoms with Crippen molar-refractivity contribution in [2.75, 3.05) is 13.2 Å². The number of amides is 1. The van der Waals surface area contributed by atoms with Crippen molar-refractivity contribution in [1.29, 1.82) is 0 Å². The Hall–Kier alpha value is -6.88. The molecule has 3 aromatic carbocycles. The van der Waals surface area contributed by atoms with Crippen molar-refractivity contribution in [2.24, 2.45) is 11.8 Å². The zero-order valence-electron chi connectivity index (χ0n) is 38.8. The van der Waals surface area contributed by atoms with Crippen LogP contribution < -0.4 is 11.4 Å². The monoisotopic (exact) mass is 922 g/mol. The van der Waals surface area contributed by atoms with Gasteiger partial charge >= 0.3 is 11.4 Å². The normalized spacial score (nSPS) is 22.4. The van der Waals surface area contributed by atoms with Gasteiger partial charge < -0.3 is 14.2 Å². The second-order valence-corrected chi connectivity index (χ2v) is 20.3. The Morgan fingerprint density at radius 2 is 1.68 bits per heavy atom. The fourth-order valence-electron chi connectivity index (χ4n) is 11.4. The summed E-state index contributed by atoms with van der Waals surface area (Å²) in [6, 6.07) is 14.5. The molecule has 12 rings (SSSR count). The number of carbonyl (C=O) groups excluding carboxylic acids is 1. The van der Waals surface area contributed by atoms with Gasteiger partial charge in [0.15, 0.2) is 11.6 Å². The van der Waals surface area contributed by atoms with Gasteiger partial charge in [0.25, 0.3) is 5.91 Å². The number of benzene rings is 3. The number of aromatic amines is 1. The number of hydrogen-bond acceptors (Lipinski definition) is 8. The Kier molecular flexibility index (Phi) is 9.41. The molecule has 0 radical (unpaired) electrons. The first-order chi connectivity index (χ1) is 32.6. The van der Waals surface area contributed by atoms with Gasteiger partial charge in [-0.25, -0.2) is 23.1 Å². The summed E-state index contributed by atoms with van der Waals surface area (Å²) in [5.74, 6) is -0.326. The van der Waals surface area contributed by atoms with E-state index in [0.29, 0.717) is 94.8 Å². The molecule has 3 fully saturated rings. The Balaban J connectivity index is 0.986. The summed E-state index contributed by atoms with van der Waals surface area (Å²) in [7, 11) is 0. The standard InChI is InChI=1S/C51H52F2N10O5/c1-27-19-35(20-28(2)43(27)52)63-45(60-17-16-59(49(60)66)40-12-11-39-36(44(40)53)25-54-61(39)26-31-7-8-31)42-30(4)58(15-13-37(42)56-63)46(64)41-22-34-21-32(33-14-18-67-50(5,6)24-33)9-10-38(34)62(41)51(23-29(51)3)47-55-48(65)68-57-47/h9-12,16-17,19-22,25,29-31,33H,7-8,13-15,18,23-24,26H2,1-6H3,(H,55,57,65). The minimum atomic E-state index is -0.857. The molecule has 2 saturated carbocycles. The number of nitrogens with one attached hydrogen (secondary N) is 1. The zero-order chi connectivity index (χ0) is 47.1. The molecule has 1 amide bonds. The van der Waals surface area contributed by atoms with Gasteiger partial charge in [-0.05, 0) is 144 Å². The summed E-state index contributed by atoms with van der Waals surface area (Å²) < 4.78 is 51.0. The molecule has 2 aliphatic heterocycles. The summed E-state index contributed by atoms with van der Waals surface area (Å²) >= 11 is 0.